The number of benzene rings is 1. The van der Waals surface area contributed by atoms with Crippen molar-refractivity contribution in [3.8, 4) is 0 Å². The third-order valence-corrected chi connectivity index (χ3v) is 7.55. The summed E-state index contributed by atoms with van der Waals surface area (Å²) < 4.78 is 5.64. The molecule has 0 bridgehead atoms. The summed E-state index contributed by atoms with van der Waals surface area (Å²) in [5.74, 6) is -1.00. The molecule has 0 fully saturated rings. The highest BCUT2D eigenvalue weighted by molar-refractivity contribution is 7.10. The number of hydrogen-bond donors (Lipinski definition) is 2. The zero-order valence-corrected chi connectivity index (χ0v) is 22.7. The van der Waals surface area contributed by atoms with E-state index in [1.165, 1.54) is 6.92 Å². The maximum absolute atomic E-state index is 13.7. The number of thiophene rings is 1. The highest BCUT2D eigenvalue weighted by Gasteiger charge is 2.36. The summed E-state index contributed by atoms with van der Waals surface area (Å²) in [5.41, 5.74) is 3.86. The quantitative estimate of drug-likeness (QED) is 0.413. The van der Waals surface area contributed by atoms with Crippen LogP contribution in [0.3, 0.4) is 0 Å². The lowest BCUT2D eigenvalue weighted by molar-refractivity contribution is -0.127. The minimum absolute atomic E-state index is 0.00112. The molecule has 3 amide bonds. The lowest BCUT2D eigenvalue weighted by Crippen LogP contribution is -2.44. The highest BCUT2D eigenvalue weighted by Crippen LogP contribution is 2.45. The Morgan fingerprint density at radius 2 is 1.92 bits per heavy atom. The number of carbonyl (C=O) groups excluding carboxylic acids is 3. The van der Waals surface area contributed by atoms with Crippen molar-refractivity contribution in [2.75, 3.05) is 6.54 Å². The number of ether oxygens (including phenoxy) is 1. The number of esters is 1. The molecular weight excluding hydrogens is 486 g/mol. The first-order valence-corrected chi connectivity index (χ1v) is 13.4. The molecule has 0 unspecified atom stereocenters. The molecule has 0 saturated heterocycles. The first-order chi connectivity index (χ1) is 17.6. The number of fused-ring (bicyclic) bond motifs is 2. The molecule has 0 radical (unpaired) electrons. The van der Waals surface area contributed by atoms with Crippen molar-refractivity contribution in [1.29, 1.82) is 0 Å². The van der Waals surface area contributed by atoms with Crippen molar-refractivity contribution in [2.45, 2.75) is 53.6 Å². The summed E-state index contributed by atoms with van der Waals surface area (Å²) in [7, 11) is 0. The largest absolute Gasteiger partial charge is 0.449 e. The van der Waals surface area contributed by atoms with Gasteiger partial charge in [-0.25, -0.2) is 14.6 Å². The Morgan fingerprint density at radius 1 is 1.16 bits per heavy atom. The number of amides is 3. The van der Waals surface area contributed by atoms with E-state index < -0.39 is 24.0 Å². The molecule has 4 rings (SSSR count). The Bertz CT molecular complexity index is 1360. The van der Waals surface area contributed by atoms with Gasteiger partial charge in [-0.3, -0.25) is 10.1 Å². The minimum atomic E-state index is -1.15. The van der Waals surface area contributed by atoms with Gasteiger partial charge in [0.1, 0.15) is 0 Å². The number of para-hydroxylation sites is 1. The number of urea groups is 1. The molecule has 8 heteroatoms. The van der Waals surface area contributed by atoms with Gasteiger partial charge in [0.05, 0.1) is 16.8 Å². The molecule has 2 heterocycles. The van der Waals surface area contributed by atoms with E-state index in [1.807, 2.05) is 35.7 Å². The number of rotatable bonds is 5. The predicted molar refractivity (Wildman–Crippen MR) is 147 cm³/mol. The Hall–Kier alpha value is -3.52. The number of pyridine rings is 1. The van der Waals surface area contributed by atoms with Gasteiger partial charge in [0.25, 0.3) is 5.91 Å². The smallest absolute Gasteiger partial charge is 0.339 e. The lowest BCUT2D eigenvalue weighted by atomic mass is 9.69. The summed E-state index contributed by atoms with van der Waals surface area (Å²) in [6.07, 6.45) is 2.53. The van der Waals surface area contributed by atoms with Crippen LogP contribution in [0.25, 0.3) is 22.6 Å². The van der Waals surface area contributed by atoms with E-state index in [9.17, 15) is 14.4 Å². The molecule has 1 aliphatic rings. The zero-order valence-electron chi connectivity index (χ0n) is 21.9. The van der Waals surface area contributed by atoms with Gasteiger partial charge >= 0.3 is 12.0 Å². The predicted octanol–water partition coefficient (Wildman–Crippen LogP) is 5.84. The second kappa shape index (κ2) is 10.8. The Kier molecular flexibility index (Phi) is 7.78. The molecule has 7 nitrogen and oxygen atoms in total. The third-order valence-electron chi connectivity index (χ3n) is 6.73. The average molecular weight is 520 g/mol. The monoisotopic (exact) mass is 519 g/mol. The van der Waals surface area contributed by atoms with Crippen LogP contribution in [0.2, 0.25) is 0 Å². The Labute approximate surface area is 221 Å². The van der Waals surface area contributed by atoms with Crippen molar-refractivity contribution in [3.63, 3.8) is 0 Å². The van der Waals surface area contributed by atoms with Crippen molar-refractivity contribution in [3.05, 3.63) is 63.5 Å². The van der Waals surface area contributed by atoms with E-state index in [0.717, 1.165) is 28.1 Å². The molecule has 0 spiro atoms. The fourth-order valence-corrected chi connectivity index (χ4v) is 5.29. The minimum Gasteiger partial charge on any atom is -0.449 e. The highest BCUT2D eigenvalue weighted by atomic mass is 32.1. The SMILES string of the molecule is CCNC(=O)NC(=O)[C@H](C)OC(=O)c1c2c(nc3ccccc13)/C(=C/c1cccs1)C[C@H](C(C)(C)C)C2. The van der Waals surface area contributed by atoms with Crippen LogP contribution in [0, 0.1) is 11.3 Å². The molecule has 1 aliphatic carbocycles. The summed E-state index contributed by atoms with van der Waals surface area (Å²) in [6.45, 7) is 10.2. The van der Waals surface area contributed by atoms with Crippen LogP contribution in [0.1, 0.15) is 67.5 Å². The van der Waals surface area contributed by atoms with Gasteiger partial charge < -0.3 is 10.1 Å². The fourth-order valence-electron chi connectivity index (χ4n) is 4.61. The standard InChI is InChI=1S/C29H33N3O4S/c1-6-30-28(35)32-26(33)17(2)36-27(34)24-21-11-7-8-12-23(21)31-25-18(15-20-10-9-13-37-20)14-19(16-22(24)25)29(3,4)5/h7-13,15,17,19H,6,14,16H2,1-5H3,(H2,30,32,33,35)/b18-15+/t17-,19-/m0/s1. The zero-order chi connectivity index (χ0) is 26.7. The van der Waals surface area contributed by atoms with E-state index in [-0.39, 0.29) is 11.3 Å². The number of aromatic nitrogens is 1. The summed E-state index contributed by atoms with van der Waals surface area (Å²) in [5, 5.41) is 7.44. The van der Waals surface area contributed by atoms with Crippen molar-refractivity contribution in [1.82, 2.24) is 15.6 Å². The number of nitrogens with zero attached hydrogens (tertiary/aromatic N) is 1. The number of hydrogen-bond acceptors (Lipinski definition) is 6. The van der Waals surface area contributed by atoms with Crippen LogP contribution >= 0.6 is 11.3 Å². The second-order valence-corrected chi connectivity index (χ2v) is 11.4. The van der Waals surface area contributed by atoms with Crippen LogP contribution < -0.4 is 10.6 Å². The summed E-state index contributed by atoms with van der Waals surface area (Å²) in [4.78, 5) is 44.1. The molecule has 0 saturated carbocycles. The molecule has 2 N–H and O–H groups in total. The molecular formula is C29H33N3O4S. The molecule has 1 aromatic carbocycles. The molecule has 2 aromatic heterocycles. The van der Waals surface area contributed by atoms with E-state index in [1.54, 1.807) is 18.3 Å². The Morgan fingerprint density at radius 3 is 2.59 bits per heavy atom. The van der Waals surface area contributed by atoms with Crippen LogP contribution in [-0.2, 0) is 16.0 Å². The normalized spacial score (nSPS) is 17.2. The maximum Gasteiger partial charge on any atom is 0.339 e. The topological polar surface area (TPSA) is 97.4 Å². The van der Waals surface area contributed by atoms with Gasteiger partial charge in [-0.05, 0) is 72.7 Å². The summed E-state index contributed by atoms with van der Waals surface area (Å²) in [6, 6.07) is 11.0. The van der Waals surface area contributed by atoms with Gasteiger partial charge in [-0.15, -0.1) is 11.3 Å². The van der Waals surface area contributed by atoms with E-state index in [0.29, 0.717) is 29.4 Å². The van der Waals surface area contributed by atoms with Crippen LogP contribution in [0.5, 0.6) is 0 Å². The van der Waals surface area contributed by atoms with E-state index in [2.05, 4.69) is 43.5 Å². The van der Waals surface area contributed by atoms with Gasteiger partial charge in [0.15, 0.2) is 6.10 Å². The van der Waals surface area contributed by atoms with Crippen LogP contribution in [0.15, 0.2) is 41.8 Å². The van der Waals surface area contributed by atoms with Crippen molar-refractivity contribution < 1.29 is 19.1 Å². The molecule has 0 aliphatic heterocycles. The van der Waals surface area contributed by atoms with E-state index >= 15 is 0 Å². The Balaban J connectivity index is 1.80. The second-order valence-electron chi connectivity index (χ2n) is 10.4. The van der Waals surface area contributed by atoms with Crippen molar-refractivity contribution in [2.24, 2.45) is 11.3 Å². The van der Waals surface area contributed by atoms with E-state index in [4.69, 9.17) is 9.72 Å². The number of allylic oxidation sites excluding steroid dienone is 1. The average Bonchev–Trinajstić information content (AvgIpc) is 3.35. The fraction of sp³-hybridized carbons (Fsp3) is 0.379. The number of nitrogens with one attached hydrogen (secondary N) is 2. The first kappa shape index (κ1) is 26.5. The molecule has 2 atom stereocenters. The molecule has 37 heavy (non-hydrogen) atoms. The number of imide groups is 1. The molecule has 3 aromatic rings. The van der Waals surface area contributed by atoms with Gasteiger partial charge in [0.2, 0.25) is 0 Å². The van der Waals surface area contributed by atoms with Gasteiger partial charge in [0, 0.05) is 16.8 Å². The maximum atomic E-state index is 13.7. The third kappa shape index (κ3) is 5.91. The first-order valence-electron chi connectivity index (χ1n) is 12.5. The van der Waals surface area contributed by atoms with Gasteiger partial charge in [-0.2, -0.15) is 0 Å². The van der Waals surface area contributed by atoms with Crippen LogP contribution in [-0.4, -0.2) is 35.5 Å². The summed E-state index contributed by atoms with van der Waals surface area (Å²) >= 11 is 1.66. The van der Waals surface area contributed by atoms with Gasteiger partial charge in [-0.1, -0.05) is 45.0 Å². The van der Waals surface area contributed by atoms with Crippen LogP contribution in [0.4, 0.5) is 4.79 Å². The number of carbonyl (C=O) groups is 3. The lowest BCUT2D eigenvalue weighted by Gasteiger charge is -2.36. The molecule has 194 valence electrons. The van der Waals surface area contributed by atoms with Crippen molar-refractivity contribution >= 4 is 51.8 Å².